The molecule has 4 nitrogen and oxygen atoms in total. The van der Waals surface area contributed by atoms with Gasteiger partial charge in [-0.25, -0.2) is 9.18 Å². The number of methoxy groups -OCH3 is 2. The van der Waals surface area contributed by atoms with Gasteiger partial charge in [-0.05, 0) is 45.8 Å². The van der Waals surface area contributed by atoms with Crippen molar-refractivity contribution in [3.05, 3.63) is 57.8 Å². The number of hydrogen-bond donors (Lipinski definition) is 0. The van der Waals surface area contributed by atoms with Gasteiger partial charge < -0.3 is 14.2 Å². The van der Waals surface area contributed by atoms with Gasteiger partial charge in [0.05, 0.1) is 24.3 Å². The number of esters is 1. The molecular weight excluding hydrogens is 355 g/mol. The fraction of sp³-hybridized carbons (Fsp3) is 0.188. The van der Waals surface area contributed by atoms with E-state index < -0.39 is 11.8 Å². The molecule has 116 valence electrons. The highest BCUT2D eigenvalue weighted by atomic mass is 79.9. The van der Waals surface area contributed by atoms with Gasteiger partial charge in [-0.15, -0.1) is 0 Å². The first-order chi connectivity index (χ1) is 10.5. The molecule has 0 unspecified atom stereocenters. The van der Waals surface area contributed by atoms with Crippen LogP contribution in [-0.2, 0) is 11.3 Å². The minimum atomic E-state index is -0.751. The van der Waals surface area contributed by atoms with Crippen molar-refractivity contribution < 1.29 is 23.4 Å². The molecule has 0 aliphatic carbocycles. The van der Waals surface area contributed by atoms with E-state index in [9.17, 15) is 9.18 Å². The van der Waals surface area contributed by atoms with Crippen LogP contribution in [0.2, 0.25) is 0 Å². The van der Waals surface area contributed by atoms with Gasteiger partial charge in [0.1, 0.15) is 23.9 Å². The average Bonchev–Trinajstić information content (AvgIpc) is 2.54. The van der Waals surface area contributed by atoms with Crippen molar-refractivity contribution in [2.24, 2.45) is 0 Å². The lowest BCUT2D eigenvalue weighted by atomic mass is 10.2. The summed E-state index contributed by atoms with van der Waals surface area (Å²) in [5.41, 5.74) is 0.743. The predicted molar refractivity (Wildman–Crippen MR) is 82.8 cm³/mol. The topological polar surface area (TPSA) is 44.8 Å². The molecule has 0 radical (unpaired) electrons. The van der Waals surface area contributed by atoms with E-state index in [-0.39, 0.29) is 12.2 Å². The first-order valence-corrected chi connectivity index (χ1v) is 7.17. The molecule has 0 aliphatic rings. The molecule has 0 amide bonds. The van der Waals surface area contributed by atoms with E-state index in [0.717, 1.165) is 11.3 Å². The van der Waals surface area contributed by atoms with Crippen molar-refractivity contribution in [1.29, 1.82) is 0 Å². The Balaban J connectivity index is 2.16. The summed E-state index contributed by atoms with van der Waals surface area (Å²) in [4.78, 5) is 11.5. The standard InChI is InChI=1S/C16H14BrFO4/c1-20-11-5-3-10(4-6-11)9-22-15-7-12(16(19)21-2)14(18)8-13(15)17/h3-8H,9H2,1-2H3. The highest BCUT2D eigenvalue weighted by Gasteiger charge is 2.16. The van der Waals surface area contributed by atoms with Gasteiger partial charge in [0.2, 0.25) is 0 Å². The zero-order chi connectivity index (χ0) is 16.1. The molecule has 0 spiro atoms. The summed E-state index contributed by atoms with van der Waals surface area (Å²) in [5.74, 6) is -0.313. The Bertz CT molecular complexity index is 671. The van der Waals surface area contributed by atoms with Crippen molar-refractivity contribution in [3.63, 3.8) is 0 Å². The van der Waals surface area contributed by atoms with Crippen molar-refractivity contribution in [2.75, 3.05) is 14.2 Å². The lowest BCUT2D eigenvalue weighted by Gasteiger charge is -2.11. The maximum atomic E-state index is 13.7. The Morgan fingerprint density at radius 2 is 1.86 bits per heavy atom. The molecule has 0 aromatic heterocycles. The molecule has 0 saturated carbocycles. The van der Waals surface area contributed by atoms with Crippen molar-refractivity contribution in [3.8, 4) is 11.5 Å². The number of halogens is 2. The molecule has 6 heteroatoms. The van der Waals surface area contributed by atoms with Crippen LogP contribution < -0.4 is 9.47 Å². The van der Waals surface area contributed by atoms with Crippen LogP contribution in [0.3, 0.4) is 0 Å². The Labute approximate surface area is 135 Å². The molecule has 0 fully saturated rings. The summed E-state index contributed by atoms with van der Waals surface area (Å²) < 4.78 is 29.4. The fourth-order valence-corrected chi connectivity index (χ4v) is 2.22. The highest BCUT2D eigenvalue weighted by molar-refractivity contribution is 9.10. The Kier molecular flexibility index (Phi) is 5.38. The number of rotatable bonds is 5. The zero-order valence-corrected chi connectivity index (χ0v) is 13.6. The first-order valence-electron chi connectivity index (χ1n) is 6.38. The lowest BCUT2D eigenvalue weighted by Crippen LogP contribution is -2.06. The summed E-state index contributed by atoms with van der Waals surface area (Å²) in [5, 5.41) is 0. The summed E-state index contributed by atoms with van der Waals surface area (Å²) in [6.07, 6.45) is 0. The number of carbonyl (C=O) groups is 1. The fourth-order valence-electron chi connectivity index (χ4n) is 1.79. The van der Waals surface area contributed by atoms with Crippen LogP contribution in [0.15, 0.2) is 40.9 Å². The van der Waals surface area contributed by atoms with Gasteiger partial charge in [-0.3, -0.25) is 0 Å². The molecule has 0 saturated heterocycles. The molecule has 22 heavy (non-hydrogen) atoms. The molecule has 2 aromatic rings. The van der Waals surface area contributed by atoms with E-state index in [4.69, 9.17) is 9.47 Å². The lowest BCUT2D eigenvalue weighted by molar-refractivity contribution is 0.0595. The maximum Gasteiger partial charge on any atom is 0.340 e. The van der Waals surface area contributed by atoms with E-state index in [1.807, 2.05) is 24.3 Å². The first kappa shape index (κ1) is 16.3. The second-order valence-electron chi connectivity index (χ2n) is 4.39. The number of ether oxygens (including phenoxy) is 3. The summed E-state index contributed by atoms with van der Waals surface area (Å²) in [6, 6.07) is 9.84. The quantitative estimate of drug-likeness (QED) is 0.749. The molecule has 0 heterocycles. The van der Waals surface area contributed by atoms with Crippen LogP contribution >= 0.6 is 15.9 Å². The van der Waals surface area contributed by atoms with Gasteiger partial charge >= 0.3 is 5.97 Å². The largest absolute Gasteiger partial charge is 0.497 e. The third kappa shape index (κ3) is 3.76. The average molecular weight is 369 g/mol. The van der Waals surface area contributed by atoms with Crippen molar-refractivity contribution in [2.45, 2.75) is 6.61 Å². The molecule has 0 atom stereocenters. The van der Waals surface area contributed by atoms with E-state index in [2.05, 4.69) is 20.7 Å². The number of carbonyl (C=O) groups excluding carboxylic acids is 1. The smallest absolute Gasteiger partial charge is 0.340 e. The summed E-state index contributed by atoms with van der Waals surface area (Å²) in [6.45, 7) is 0.273. The van der Waals surface area contributed by atoms with Gasteiger partial charge in [0.15, 0.2) is 0 Å². The summed E-state index contributed by atoms with van der Waals surface area (Å²) in [7, 11) is 2.79. The predicted octanol–water partition coefficient (Wildman–Crippen LogP) is 3.96. The van der Waals surface area contributed by atoms with E-state index in [1.165, 1.54) is 19.2 Å². The van der Waals surface area contributed by atoms with Crippen LogP contribution in [0.25, 0.3) is 0 Å². The van der Waals surface area contributed by atoms with E-state index in [0.29, 0.717) is 10.2 Å². The normalized spacial score (nSPS) is 10.2. The van der Waals surface area contributed by atoms with Gasteiger partial charge in [0, 0.05) is 0 Å². The second kappa shape index (κ2) is 7.26. The van der Waals surface area contributed by atoms with Gasteiger partial charge in [-0.2, -0.15) is 0 Å². The third-order valence-electron chi connectivity index (χ3n) is 2.98. The highest BCUT2D eigenvalue weighted by Crippen LogP contribution is 2.29. The third-order valence-corrected chi connectivity index (χ3v) is 3.60. The molecule has 2 aromatic carbocycles. The molecular formula is C16H14BrFO4. The zero-order valence-electron chi connectivity index (χ0n) is 12.1. The second-order valence-corrected chi connectivity index (χ2v) is 5.25. The van der Waals surface area contributed by atoms with Crippen LogP contribution in [0.5, 0.6) is 11.5 Å². The van der Waals surface area contributed by atoms with Crippen LogP contribution in [0.1, 0.15) is 15.9 Å². The van der Waals surface area contributed by atoms with Gasteiger partial charge in [0.25, 0.3) is 0 Å². The maximum absolute atomic E-state index is 13.7. The Morgan fingerprint density at radius 1 is 1.18 bits per heavy atom. The molecule has 0 bridgehead atoms. The summed E-state index contributed by atoms with van der Waals surface area (Å²) >= 11 is 3.21. The van der Waals surface area contributed by atoms with Crippen LogP contribution in [0.4, 0.5) is 4.39 Å². The van der Waals surface area contributed by atoms with E-state index in [1.54, 1.807) is 7.11 Å². The van der Waals surface area contributed by atoms with E-state index >= 15 is 0 Å². The minimum Gasteiger partial charge on any atom is -0.497 e. The molecule has 0 aliphatic heterocycles. The Morgan fingerprint density at radius 3 is 2.45 bits per heavy atom. The minimum absolute atomic E-state index is 0.171. The Hall–Kier alpha value is -2.08. The SMILES string of the molecule is COC(=O)c1cc(OCc2ccc(OC)cc2)c(Br)cc1F. The van der Waals surface area contributed by atoms with Crippen LogP contribution in [-0.4, -0.2) is 20.2 Å². The monoisotopic (exact) mass is 368 g/mol. The van der Waals surface area contributed by atoms with Crippen molar-refractivity contribution in [1.82, 2.24) is 0 Å². The van der Waals surface area contributed by atoms with Gasteiger partial charge in [-0.1, -0.05) is 12.1 Å². The number of hydrogen-bond acceptors (Lipinski definition) is 4. The molecule has 0 N–H and O–H groups in total. The van der Waals surface area contributed by atoms with Crippen LogP contribution in [0, 0.1) is 5.82 Å². The van der Waals surface area contributed by atoms with Crippen molar-refractivity contribution >= 4 is 21.9 Å². The molecule has 2 rings (SSSR count). The number of benzene rings is 2.